The molecule has 4 rings (SSSR count). The van der Waals surface area contributed by atoms with Gasteiger partial charge in [-0.3, -0.25) is 9.36 Å². The molecule has 0 aliphatic carbocycles. The lowest BCUT2D eigenvalue weighted by molar-refractivity contribution is -0.139. The van der Waals surface area contributed by atoms with Gasteiger partial charge >= 0.3 is 11.9 Å². The predicted molar refractivity (Wildman–Crippen MR) is 125 cm³/mol. The molecule has 0 spiro atoms. The zero-order chi connectivity index (χ0) is 24.4. The van der Waals surface area contributed by atoms with Crippen LogP contribution in [0.2, 0.25) is 0 Å². The summed E-state index contributed by atoms with van der Waals surface area (Å²) in [6, 6.07) is 11.8. The highest BCUT2D eigenvalue weighted by Crippen LogP contribution is 2.31. The summed E-state index contributed by atoms with van der Waals surface area (Å²) < 4.78 is 25.9. The molecule has 0 radical (unpaired) electrons. The third-order valence-corrected chi connectivity index (χ3v) is 6.34. The number of esters is 2. The molecule has 0 N–H and O–H groups in total. The molecule has 0 bridgehead atoms. The number of fused-ring (bicyclic) bond motifs is 1. The maximum Gasteiger partial charge on any atom is 0.338 e. The minimum atomic E-state index is -0.829. The number of benzene rings is 2. The van der Waals surface area contributed by atoms with E-state index in [0.717, 1.165) is 11.3 Å². The summed E-state index contributed by atoms with van der Waals surface area (Å²) in [5.41, 5.74) is 1.41. The number of ether oxygens (including phenoxy) is 2. The van der Waals surface area contributed by atoms with Crippen LogP contribution in [0.4, 0.5) is 4.39 Å². The monoisotopic (exact) mass is 480 g/mol. The van der Waals surface area contributed by atoms with Crippen LogP contribution in [0.15, 0.2) is 69.6 Å². The summed E-state index contributed by atoms with van der Waals surface area (Å²) >= 11 is 1.11. The Hall–Kier alpha value is -3.85. The first kappa shape index (κ1) is 23.3. The van der Waals surface area contributed by atoms with Crippen LogP contribution in [0.3, 0.4) is 0 Å². The van der Waals surface area contributed by atoms with Gasteiger partial charge in [0, 0.05) is 5.56 Å². The molecule has 1 atom stereocenters. The number of hydrogen-bond acceptors (Lipinski definition) is 7. The molecule has 34 heavy (non-hydrogen) atoms. The number of nitrogens with zero attached hydrogens (tertiary/aromatic N) is 2. The fraction of sp³-hybridized carbons (Fsp3) is 0.200. The number of carbonyl (C=O) groups is 2. The SMILES string of the molecule is CCOC(=O)C1=C(C)N=c2s/c(=C/c3ccccc3F)c(=O)n2[C@H]1c1ccc(C(=O)OC)cc1. The Morgan fingerprint density at radius 2 is 1.85 bits per heavy atom. The summed E-state index contributed by atoms with van der Waals surface area (Å²) in [5.74, 6) is -1.54. The molecule has 7 nitrogen and oxygen atoms in total. The van der Waals surface area contributed by atoms with Crippen molar-refractivity contribution < 1.29 is 23.5 Å². The molecular formula is C25H21FN2O5S. The Morgan fingerprint density at radius 1 is 1.15 bits per heavy atom. The molecule has 0 saturated heterocycles. The Morgan fingerprint density at radius 3 is 2.50 bits per heavy atom. The number of allylic oxidation sites excluding steroid dienone is 1. The van der Waals surface area contributed by atoms with Gasteiger partial charge in [0.25, 0.3) is 5.56 Å². The van der Waals surface area contributed by atoms with Crippen LogP contribution in [0.5, 0.6) is 0 Å². The van der Waals surface area contributed by atoms with Crippen LogP contribution in [-0.4, -0.2) is 30.2 Å². The minimum absolute atomic E-state index is 0.154. The Labute approximate surface area is 198 Å². The zero-order valence-electron chi connectivity index (χ0n) is 18.7. The average molecular weight is 481 g/mol. The van der Waals surface area contributed by atoms with Gasteiger partial charge in [-0.05, 0) is 43.7 Å². The van der Waals surface area contributed by atoms with E-state index in [-0.39, 0.29) is 22.3 Å². The summed E-state index contributed by atoms with van der Waals surface area (Å²) in [6.07, 6.45) is 1.47. The van der Waals surface area contributed by atoms with Crippen LogP contribution in [-0.2, 0) is 14.3 Å². The van der Waals surface area contributed by atoms with Crippen molar-refractivity contribution >= 4 is 29.4 Å². The van der Waals surface area contributed by atoms with Crippen LogP contribution in [0.1, 0.15) is 41.4 Å². The van der Waals surface area contributed by atoms with Gasteiger partial charge < -0.3 is 9.47 Å². The van der Waals surface area contributed by atoms with Gasteiger partial charge in [-0.2, -0.15) is 0 Å². The summed E-state index contributed by atoms with van der Waals surface area (Å²) in [5, 5.41) is 0. The smallest absolute Gasteiger partial charge is 0.338 e. The Bertz CT molecular complexity index is 1480. The van der Waals surface area contributed by atoms with Crippen molar-refractivity contribution in [2.24, 2.45) is 4.99 Å². The third kappa shape index (κ3) is 4.22. The van der Waals surface area contributed by atoms with Gasteiger partial charge in [-0.25, -0.2) is 19.0 Å². The molecule has 174 valence electrons. The lowest BCUT2D eigenvalue weighted by atomic mass is 9.95. The maximum absolute atomic E-state index is 14.2. The summed E-state index contributed by atoms with van der Waals surface area (Å²) in [4.78, 5) is 43.1. The highest BCUT2D eigenvalue weighted by Gasteiger charge is 2.33. The summed E-state index contributed by atoms with van der Waals surface area (Å²) in [7, 11) is 1.29. The number of halogens is 1. The standard InChI is InChI=1S/C25H21FN2O5S/c1-4-33-24(31)20-14(2)27-25-28(21(20)15-9-11-16(12-10-15)23(30)32-3)22(29)19(34-25)13-17-7-5-6-8-18(17)26/h5-13,21H,4H2,1-3H3/b19-13+/t21-/m0/s1. The molecule has 3 aromatic rings. The maximum atomic E-state index is 14.2. The van der Waals surface area contributed by atoms with Crippen molar-refractivity contribution in [3.63, 3.8) is 0 Å². The van der Waals surface area contributed by atoms with E-state index in [9.17, 15) is 18.8 Å². The molecule has 2 aromatic carbocycles. The van der Waals surface area contributed by atoms with Crippen LogP contribution in [0, 0.1) is 5.82 Å². The second-order valence-electron chi connectivity index (χ2n) is 7.44. The number of methoxy groups -OCH3 is 1. The number of aromatic nitrogens is 1. The Balaban J connectivity index is 1.94. The van der Waals surface area contributed by atoms with Crippen LogP contribution < -0.4 is 14.9 Å². The summed E-state index contributed by atoms with van der Waals surface area (Å²) in [6.45, 7) is 3.52. The number of hydrogen-bond donors (Lipinski definition) is 0. The molecule has 0 unspecified atom stereocenters. The molecule has 1 aliphatic rings. The highest BCUT2D eigenvalue weighted by atomic mass is 32.1. The highest BCUT2D eigenvalue weighted by molar-refractivity contribution is 7.07. The van der Waals surface area contributed by atoms with Crippen molar-refractivity contribution in [2.75, 3.05) is 13.7 Å². The normalized spacial score (nSPS) is 15.5. The molecular weight excluding hydrogens is 459 g/mol. The predicted octanol–water partition coefficient (Wildman–Crippen LogP) is 2.72. The average Bonchev–Trinajstić information content (AvgIpc) is 3.13. The molecule has 9 heteroatoms. The van der Waals surface area contributed by atoms with Crippen LogP contribution in [0.25, 0.3) is 6.08 Å². The van der Waals surface area contributed by atoms with E-state index in [1.165, 1.54) is 23.8 Å². The quantitative estimate of drug-likeness (QED) is 0.524. The fourth-order valence-corrected chi connectivity index (χ4v) is 4.80. The van der Waals surface area contributed by atoms with Gasteiger partial charge in [0.15, 0.2) is 4.80 Å². The first-order chi connectivity index (χ1) is 16.3. The van der Waals surface area contributed by atoms with E-state index < -0.39 is 29.4 Å². The van der Waals surface area contributed by atoms with Crippen molar-refractivity contribution in [1.82, 2.24) is 4.57 Å². The molecule has 0 fully saturated rings. The van der Waals surface area contributed by atoms with E-state index >= 15 is 0 Å². The first-order valence-electron chi connectivity index (χ1n) is 10.5. The number of thiazole rings is 1. The third-order valence-electron chi connectivity index (χ3n) is 5.36. The van der Waals surface area contributed by atoms with Gasteiger partial charge in [0.05, 0.1) is 41.1 Å². The van der Waals surface area contributed by atoms with E-state index in [4.69, 9.17) is 9.47 Å². The minimum Gasteiger partial charge on any atom is -0.465 e. The second kappa shape index (κ2) is 9.56. The van der Waals surface area contributed by atoms with E-state index in [2.05, 4.69) is 4.99 Å². The second-order valence-corrected chi connectivity index (χ2v) is 8.45. The zero-order valence-corrected chi connectivity index (χ0v) is 19.5. The lowest BCUT2D eigenvalue weighted by Gasteiger charge is -2.24. The largest absolute Gasteiger partial charge is 0.465 e. The fourth-order valence-electron chi connectivity index (χ4n) is 3.76. The van der Waals surface area contributed by atoms with E-state index in [0.29, 0.717) is 21.6 Å². The molecule has 1 aliphatic heterocycles. The van der Waals surface area contributed by atoms with Gasteiger partial charge in [-0.1, -0.05) is 41.7 Å². The molecule has 2 heterocycles. The van der Waals surface area contributed by atoms with E-state index in [1.807, 2.05) is 0 Å². The van der Waals surface area contributed by atoms with Crippen molar-refractivity contribution in [1.29, 1.82) is 0 Å². The van der Waals surface area contributed by atoms with Gasteiger partial charge in [0.1, 0.15) is 5.82 Å². The van der Waals surface area contributed by atoms with Crippen molar-refractivity contribution in [3.8, 4) is 0 Å². The molecule has 0 saturated carbocycles. The lowest BCUT2D eigenvalue weighted by Crippen LogP contribution is -2.40. The Kier molecular flexibility index (Phi) is 6.56. The first-order valence-corrected chi connectivity index (χ1v) is 11.3. The van der Waals surface area contributed by atoms with Gasteiger partial charge in [-0.15, -0.1) is 0 Å². The van der Waals surface area contributed by atoms with Crippen LogP contribution >= 0.6 is 11.3 Å². The number of carbonyl (C=O) groups excluding carboxylic acids is 2. The van der Waals surface area contributed by atoms with E-state index in [1.54, 1.807) is 56.3 Å². The molecule has 1 aromatic heterocycles. The number of rotatable bonds is 5. The van der Waals surface area contributed by atoms with Crippen molar-refractivity contribution in [3.05, 3.63) is 102 Å². The molecule has 0 amide bonds. The van der Waals surface area contributed by atoms with Gasteiger partial charge in [0.2, 0.25) is 0 Å². The van der Waals surface area contributed by atoms with Crippen molar-refractivity contribution in [2.45, 2.75) is 19.9 Å². The topological polar surface area (TPSA) is 87.0 Å².